The molecule has 0 spiro atoms. The Balaban J connectivity index is 1.52. The molecule has 6 heteroatoms. The van der Waals surface area contributed by atoms with Crippen molar-refractivity contribution in [3.8, 4) is 11.3 Å². The summed E-state index contributed by atoms with van der Waals surface area (Å²) in [5.74, 6) is 0.881. The van der Waals surface area contributed by atoms with E-state index in [0.29, 0.717) is 24.8 Å². The zero-order valence-electron chi connectivity index (χ0n) is 14.2. The van der Waals surface area contributed by atoms with E-state index in [1.165, 1.54) is 19.2 Å². The van der Waals surface area contributed by atoms with Crippen LogP contribution in [0, 0.1) is 0 Å². The Labute approximate surface area is 145 Å². The van der Waals surface area contributed by atoms with Crippen molar-refractivity contribution in [3.05, 3.63) is 42.8 Å². The molecule has 1 aliphatic heterocycles. The molecule has 0 aliphatic carbocycles. The number of rotatable bonds is 5. The summed E-state index contributed by atoms with van der Waals surface area (Å²) in [7, 11) is 0. The highest BCUT2D eigenvalue weighted by Crippen LogP contribution is 2.22. The van der Waals surface area contributed by atoms with E-state index in [-0.39, 0.29) is 5.78 Å². The SMILES string of the molecule is C[C@@H]1CCCN1CC(=O)Cc1cc2cc(-c3cnco3)cnc2cn1. The molecule has 1 atom stereocenters. The largest absolute Gasteiger partial charge is 0.443 e. The van der Waals surface area contributed by atoms with Gasteiger partial charge in [-0.1, -0.05) is 0 Å². The average molecular weight is 336 g/mol. The van der Waals surface area contributed by atoms with Crippen molar-refractivity contribution in [1.82, 2.24) is 19.9 Å². The molecule has 128 valence electrons. The van der Waals surface area contributed by atoms with E-state index < -0.39 is 0 Å². The molecule has 1 saturated heterocycles. The molecule has 25 heavy (non-hydrogen) atoms. The summed E-state index contributed by atoms with van der Waals surface area (Å²) >= 11 is 0. The molecule has 3 aromatic rings. The zero-order valence-corrected chi connectivity index (χ0v) is 14.2. The number of carbonyl (C=O) groups is 1. The Bertz CT molecular complexity index is 892. The van der Waals surface area contributed by atoms with Gasteiger partial charge in [0.1, 0.15) is 0 Å². The fraction of sp³-hybridized carbons (Fsp3) is 0.368. The Morgan fingerprint density at radius 3 is 2.96 bits per heavy atom. The zero-order chi connectivity index (χ0) is 17.2. The number of hydrogen-bond acceptors (Lipinski definition) is 6. The van der Waals surface area contributed by atoms with Crippen LogP contribution in [-0.2, 0) is 11.2 Å². The molecule has 1 fully saturated rings. The van der Waals surface area contributed by atoms with Gasteiger partial charge in [-0.2, -0.15) is 0 Å². The van der Waals surface area contributed by atoms with E-state index in [1.54, 1.807) is 18.6 Å². The Morgan fingerprint density at radius 2 is 2.20 bits per heavy atom. The molecule has 6 nitrogen and oxygen atoms in total. The van der Waals surface area contributed by atoms with Crippen molar-refractivity contribution in [3.63, 3.8) is 0 Å². The summed E-state index contributed by atoms with van der Waals surface area (Å²) in [5, 5.41) is 0.946. The van der Waals surface area contributed by atoms with Crippen LogP contribution in [0.4, 0.5) is 0 Å². The summed E-state index contributed by atoms with van der Waals surface area (Å²) in [6.45, 7) is 3.71. The number of aromatic nitrogens is 3. The molecule has 0 saturated carbocycles. The smallest absolute Gasteiger partial charge is 0.181 e. The van der Waals surface area contributed by atoms with Gasteiger partial charge in [0.15, 0.2) is 17.9 Å². The second kappa shape index (κ2) is 6.72. The summed E-state index contributed by atoms with van der Waals surface area (Å²) < 4.78 is 5.32. The van der Waals surface area contributed by atoms with Gasteiger partial charge in [0.05, 0.1) is 30.9 Å². The molecule has 3 aromatic heterocycles. The lowest BCUT2D eigenvalue weighted by Gasteiger charge is -2.19. The van der Waals surface area contributed by atoms with Crippen LogP contribution in [-0.4, -0.2) is 44.8 Å². The van der Waals surface area contributed by atoms with Crippen LogP contribution in [0.1, 0.15) is 25.5 Å². The normalized spacial score (nSPS) is 18.0. The number of Topliss-reactive ketones (excluding diaryl/α,β-unsaturated/α-hetero) is 1. The average Bonchev–Trinajstić information content (AvgIpc) is 3.27. The number of hydrogen-bond donors (Lipinski definition) is 0. The summed E-state index contributed by atoms with van der Waals surface area (Å²) in [6.07, 6.45) is 9.23. The molecule has 4 rings (SSSR count). The van der Waals surface area contributed by atoms with Crippen LogP contribution < -0.4 is 0 Å². The third kappa shape index (κ3) is 3.44. The summed E-state index contributed by atoms with van der Waals surface area (Å²) in [5.41, 5.74) is 2.44. The molecular weight excluding hydrogens is 316 g/mol. The van der Waals surface area contributed by atoms with Crippen LogP contribution in [0.15, 0.2) is 41.5 Å². The van der Waals surface area contributed by atoms with Gasteiger partial charge in [-0.05, 0) is 38.4 Å². The van der Waals surface area contributed by atoms with Gasteiger partial charge >= 0.3 is 0 Å². The number of oxazole rings is 1. The molecule has 0 aromatic carbocycles. The monoisotopic (exact) mass is 336 g/mol. The fourth-order valence-corrected chi connectivity index (χ4v) is 3.38. The van der Waals surface area contributed by atoms with Gasteiger partial charge in [0, 0.05) is 28.9 Å². The first-order chi connectivity index (χ1) is 12.2. The van der Waals surface area contributed by atoms with Crippen molar-refractivity contribution >= 4 is 16.7 Å². The van der Waals surface area contributed by atoms with Crippen LogP contribution in [0.3, 0.4) is 0 Å². The number of carbonyl (C=O) groups excluding carboxylic acids is 1. The molecule has 1 aliphatic rings. The Kier molecular flexibility index (Phi) is 4.28. The second-order valence-corrected chi connectivity index (χ2v) is 6.64. The second-order valence-electron chi connectivity index (χ2n) is 6.64. The van der Waals surface area contributed by atoms with E-state index >= 15 is 0 Å². The number of ketones is 1. The molecule has 4 heterocycles. The Hall–Kier alpha value is -2.60. The standard InChI is InChI=1S/C19H20N4O2/c1-13-3-2-4-23(13)11-17(24)7-16-6-14-5-15(19-10-20-12-25-19)8-22-18(14)9-21-16/h5-6,8-10,12-13H,2-4,7,11H2,1H3/t13-/m1/s1. The highest BCUT2D eigenvalue weighted by atomic mass is 16.3. The molecule has 0 unspecified atom stereocenters. The minimum absolute atomic E-state index is 0.208. The van der Waals surface area contributed by atoms with Crippen molar-refractivity contribution in [2.24, 2.45) is 0 Å². The topological polar surface area (TPSA) is 72.1 Å². The van der Waals surface area contributed by atoms with Gasteiger partial charge in [0.2, 0.25) is 0 Å². The van der Waals surface area contributed by atoms with Crippen molar-refractivity contribution in [2.75, 3.05) is 13.1 Å². The number of nitrogens with zero attached hydrogens (tertiary/aromatic N) is 4. The first-order valence-corrected chi connectivity index (χ1v) is 8.58. The van der Waals surface area contributed by atoms with Gasteiger partial charge in [0.25, 0.3) is 0 Å². The first kappa shape index (κ1) is 15.9. The minimum Gasteiger partial charge on any atom is -0.443 e. The van der Waals surface area contributed by atoms with E-state index in [1.807, 2.05) is 12.1 Å². The van der Waals surface area contributed by atoms with Crippen molar-refractivity contribution in [1.29, 1.82) is 0 Å². The maximum atomic E-state index is 12.4. The molecule has 0 bridgehead atoms. The quantitative estimate of drug-likeness (QED) is 0.713. The predicted molar refractivity (Wildman–Crippen MR) is 94.0 cm³/mol. The maximum Gasteiger partial charge on any atom is 0.181 e. The summed E-state index contributed by atoms with van der Waals surface area (Å²) in [6, 6.07) is 4.43. The molecule has 0 N–H and O–H groups in total. The van der Waals surface area contributed by atoms with Crippen molar-refractivity contribution < 1.29 is 9.21 Å². The third-order valence-corrected chi connectivity index (χ3v) is 4.79. The highest BCUT2D eigenvalue weighted by molar-refractivity contribution is 5.85. The van der Waals surface area contributed by atoms with Crippen LogP contribution in [0.5, 0.6) is 0 Å². The Morgan fingerprint density at radius 1 is 1.28 bits per heavy atom. The minimum atomic E-state index is 0.208. The third-order valence-electron chi connectivity index (χ3n) is 4.79. The van der Waals surface area contributed by atoms with Crippen LogP contribution >= 0.6 is 0 Å². The molecule has 0 radical (unpaired) electrons. The lowest BCUT2D eigenvalue weighted by molar-refractivity contribution is -0.119. The van der Waals surface area contributed by atoms with Gasteiger partial charge in [-0.3, -0.25) is 19.7 Å². The van der Waals surface area contributed by atoms with E-state index in [9.17, 15) is 4.79 Å². The maximum absolute atomic E-state index is 12.4. The van der Waals surface area contributed by atoms with Gasteiger partial charge < -0.3 is 4.42 Å². The lowest BCUT2D eigenvalue weighted by Crippen LogP contribution is -2.33. The molecular formula is C19H20N4O2. The van der Waals surface area contributed by atoms with E-state index in [4.69, 9.17) is 4.42 Å². The van der Waals surface area contributed by atoms with Crippen LogP contribution in [0.25, 0.3) is 22.2 Å². The number of likely N-dealkylation sites (tertiary alicyclic amines) is 1. The highest BCUT2D eigenvalue weighted by Gasteiger charge is 2.22. The predicted octanol–water partition coefficient (Wildman–Crippen LogP) is 2.88. The number of pyridine rings is 2. The fourth-order valence-electron chi connectivity index (χ4n) is 3.38. The van der Waals surface area contributed by atoms with E-state index in [0.717, 1.165) is 28.7 Å². The van der Waals surface area contributed by atoms with Crippen LogP contribution in [0.2, 0.25) is 0 Å². The molecule has 0 amide bonds. The van der Waals surface area contributed by atoms with Crippen molar-refractivity contribution in [2.45, 2.75) is 32.2 Å². The van der Waals surface area contributed by atoms with Gasteiger partial charge in [-0.15, -0.1) is 0 Å². The lowest BCUT2D eigenvalue weighted by atomic mass is 10.1. The summed E-state index contributed by atoms with van der Waals surface area (Å²) in [4.78, 5) is 27.4. The van der Waals surface area contributed by atoms with Gasteiger partial charge in [-0.25, -0.2) is 4.98 Å². The number of fused-ring (bicyclic) bond motifs is 1. The first-order valence-electron chi connectivity index (χ1n) is 8.58. The van der Waals surface area contributed by atoms with E-state index in [2.05, 4.69) is 26.8 Å².